The second-order valence-corrected chi connectivity index (χ2v) is 5.88. The second kappa shape index (κ2) is 10.9. The molecule has 1 aromatic carbocycles. The molecular weight excluding hydrogens is 244 g/mol. The van der Waals surface area contributed by atoms with Gasteiger partial charge in [-0.1, -0.05) is 63.9 Å². The molecule has 1 rings (SSSR count). The maximum Gasteiger partial charge on any atom is 0.0233 e. The summed E-state index contributed by atoms with van der Waals surface area (Å²) >= 11 is 0. The molecule has 114 valence electrons. The van der Waals surface area contributed by atoms with Crippen molar-refractivity contribution in [3.63, 3.8) is 0 Å². The molecule has 0 aliphatic rings. The third-order valence-electron chi connectivity index (χ3n) is 3.65. The van der Waals surface area contributed by atoms with Crippen molar-refractivity contribution in [2.24, 2.45) is 0 Å². The molecule has 0 radical (unpaired) electrons. The molecule has 0 spiro atoms. The highest BCUT2D eigenvalue weighted by molar-refractivity contribution is 5.14. The molecule has 0 aliphatic carbocycles. The number of hydrogen-bond acceptors (Lipinski definition) is 2. The van der Waals surface area contributed by atoms with E-state index in [-0.39, 0.29) is 0 Å². The average molecular weight is 276 g/mol. The van der Waals surface area contributed by atoms with E-state index in [1.165, 1.54) is 44.3 Å². The third kappa shape index (κ3) is 8.34. The molecule has 0 aliphatic heterocycles. The summed E-state index contributed by atoms with van der Waals surface area (Å²) in [5.41, 5.74) is 1.43. The van der Waals surface area contributed by atoms with Gasteiger partial charge in [-0.3, -0.25) is 4.90 Å². The molecule has 1 aromatic rings. The van der Waals surface area contributed by atoms with E-state index in [4.69, 9.17) is 0 Å². The molecule has 0 heterocycles. The van der Waals surface area contributed by atoms with Crippen molar-refractivity contribution in [1.29, 1.82) is 0 Å². The first kappa shape index (κ1) is 17.2. The fourth-order valence-electron chi connectivity index (χ4n) is 2.40. The second-order valence-electron chi connectivity index (χ2n) is 5.88. The molecule has 0 atom stereocenters. The largest absolute Gasteiger partial charge is 0.315 e. The summed E-state index contributed by atoms with van der Waals surface area (Å²) in [6.45, 7) is 11.3. The molecule has 0 fully saturated rings. The van der Waals surface area contributed by atoms with E-state index in [2.05, 4.69) is 61.3 Å². The maximum atomic E-state index is 3.48. The predicted octanol–water partition coefficient (Wildman–Crippen LogP) is 4.07. The molecule has 1 N–H and O–H groups in total. The summed E-state index contributed by atoms with van der Waals surface area (Å²) in [7, 11) is 0. The molecule has 0 amide bonds. The minimum absolute atomic E-state index is 0.622. The van der Waals surface area contributed by atoms with Crippen molar-refractivity contribution in [2.75, 3.05) is 19.6 Å². The summed E-state index contributed by atoms with van der Waals surface area (Å²) in [5.74, 6) is 0. The first-order chi connectivity index (χ1) is 9.72. The zero-order valence-corrected chi connectivity index (χ0v) is 13.6. The van der Waals surface area contributed by atoms with Crippen molar-refractivity contribution in [3.8, 4) is 0 Å². The van der Waals surface area contributed by atoms with Gasteiger partial charge in [0.25, 0.3) is 0 Å². The summed E-state index contributed by atoms with van der Waals surface area (Å²) in [5, 5.41) is 3.48. The standard InChI is InChI=1S/C18H32N2/c1-4-20(16-18-12-8-7-9-13-18)15-11-6-5-10-14-19-17(2)3/h7-9,12-13,17,19H,4-6,10-11,14-16H2,1-3H3. The molecule has 0 bridgehead atoms. The SMILES string of the molecule is CCN(CCCCCCNC(C)C)Cc1ccccc1. The number of nitrogens with zero attached hydrogens (tertiary/aromatic N) is 1. The monoisotopic (exact) mass is 276 g/mol. The van der Waals surface area contributed by atoms with E-state index >= 15 is 0 Å². The van der Waals surface area contributed by atoms with Crippen molar-refractivity contribution in [1.82, 2.24) is 10.2 Å². The van der Waals surface area contributed by atoms with Crippen LogP contribution < -0.4 is 5.32 Å². The highest BCUT2D eigenvalue weighted by Crippen LogP contribution is 2.07. The van der Waals surface area contributed by atoms with Crippen LogP contribution in [0.1, 0.15) is 52.0 Å². The van der Waals surface area contributed by atoms with Gasteiger partial charge in [0.1, 0.15) is 0 Å². The van der Waals surface area contributed by atoms with Gasteiger partial charge in [-0.15, -0.1) is 0 Å². The van der Waals surface area contributed by atoms with Crippen LogP contribution in [0.2, 0.25) is 0 Å². The zero-order chi connectivity index (χ0) is 14.6. The Morgan fingerprint density at radius 2 is 1.70 bits per heavy atom. The lowest BCUT2D eigenvalue weighted by atomic mass is 10.1. The number of rotatable bonds is 11. The van der Waals surface area contributed by atoms with E-state index in [0.29, 0.717) is 6.04 Å². The maximum absolute atomic E-state index is 3.48. The Kier molecular flexibility index (Phi) is 9.35. The third-order valence-corrected chi connectivity index (χ3v) is 3.65. The normalized spacial score (nSPS) is 11.4. The molecule has 0 saturated heterocycles. The van der Waals surface area contributed by atoms with Crippen LogP contribution in [0.15, 0.2) is 30.3 Å². The van der Waals surface area contributed by atoms with Gasteiger partial charge < -0.3 is 5.32 Å². The van der Waals surface area contributed by atoms with Crippen LogP contribution >= 0.6 is 0 Å². The summed E-state index contributed by atoms with van der Waals surface area (Å²) in [4.78, 5) is 2.54. The summed E-state index contributed by atoms with van der Waals surface area (Å²) in [6, 6.07) is 11.4. The van der Waals surface area contributed by atoms with Crippen LogP contribution in [0.5, 0.6) is 0 Å². The fraction of sp³-hybridized carbons (Fsp3) is 0.667. The van der Waals surface area contributed by atoms with E-state index in [1.54, 1.807) is 0 Å². The molecule has 2 heteroatoms. The van der Waals surface area contributed by atoms with Crippen molar-refractivity contribution in [3.05, 3.63) is 35.9 Å². The Labute approximate surface area is 125 Å². The van der Waals surface area contributed by atoms with Gasteiger partial charge in [0.15, 0.2) is 0 Å². The highest BCUT2D eigenvalue weighted by Gasteiger charge is 2.03. The fourth-order valence-corrected chi connectivity index (χ4v) is 2.40. The Morgan fingerprint density at radius 1 is 1.00 bits per heavy atom. The van der Waals surface area contributed by atoms with Gasteiger partial charge in [0.2, 0.25) is 0 Å². The quantitative estimate of drug-likeness (QED) is 0.613. The molecular formula is C18H32N2. The molecule has 0 unspecified atom stereocenters. The Balaban J connectivity index is 2.07. The van der Waals surface area contributed by atoms with Gasteiger partial charge in [-0.2, -0.15) is 0 Å². The Hall–Kier alpha value is -0.860. The lowest BCUT2D eigenvalue weighted by molar-refractivity contribution is 0.272. The lowest BCUT2D eigenvalue weighted by Gasteiger charge is -2.20. The van der Waals surface area contributed by atoms with E-state index in [1.807, 2.05) is 0 Å². The van der Waals surface area contributed by atoms with Gasteiger partial charge in [0.05, 0.1) is 0 Å². The predicted molar refractivity (Wildman–Crippen MR) is 89.0 cm³/mol. The minimum Gasteiger partial charge on any atom is -0.315 e. The lowest BCUT2D eigenvalue weighted by Crippen LogP contribution is -2.24. The number of hydrogen-bond donors (Lipinski definition) is 1. The van der Waals surface area contributed by atoms with Crippen molar-refractivity contribution in [2.45, 2.75) is 59.0 Å². The van der Waals surface area contributed by atoms with Crippen LogP contribution in [0.4, 0.5) is 0 Å². The smallest absolute Gasteiger partial charge is 0.0233 e. The Bertz CT molecular complexity index is 321. The van der Waals surface area contributed by atoms with Crippen LogP contribution in [0.3, 0.4) is 0 Å². The van der Waals surface area contributed by atoms with Crippen LogP contribution in [-0.4, -0.2) is 30.6 Å². The van der Waals surface area contributed by atoms with E-state index < -0.39 is 0 Å². The molecule has 20 heavy (non-hydrogen) atoms. The summed E-state index contributed by atoms with van der Waals surface area (Å²) < 4.78 is 0. The first-order valence-electron chi connectivity index (χ1n) is 8.22. The van der Waals surface area contributed by atoms with Crippen molar-refractivity contribution >= 4 is 0 Å². The summed E-state index contributed by atoms with van der Waals surface area (Å²) in [6.07, 6.45) is 5.33. The van der Waals surface area contributed by atoms with Gasteiger partial charge in [-0.25, -0.2) is 0 Å². The van der Waals surface area contributed by atoms with E-state index in [0.717, 1.165) is 13.1 Å². The first-order valence-corrected chi connectivity index (χ1v) is 8.22. The minimum atomic E-state index is 0.622. The Morgan fingerprint density at radius 3 is 2.35 bits per heavy atom. The average Bonchev–Trinajstić information content (AvgIpc) is 2.45. The van der Waals surface area contributed by atoms with Gasteiger partial charge >= 0.3 is 0 Å². The number of unbranched alkanes of at least 4 members (excludes halogenated alkanes) is 3. The zero-order valence-electron chi connectivity index (χ0n) is 13.6. The highest BCUT2D eigenvalue weighted by atomic mass is 15.1. The van der Waals surface area contributed by atoms with Crippen LogP contribution in [-0.2, 0) is 6.54 Å². The van der Waals surface area contributed by atoms with Gasteiger partial charge in [0, 0.05) is 12.6 Å². The molecule has 0 saturated carbocycles. The van der Waals surface area contributed by atoms with Crippen LogP contribution in [0.25, 0.3) is 0 Å². The van der Waals surface area contributed by atoms with Crippen molar-refractivity contribution < 1.29 is 0 Å². The number of nitrogens with one attached hydrogen (secondary N) is 1. The van der Waals surface area contributed by atoms with Crippen LogP contribution in [0, 0.1) is 0 Å². The molecule has 2 nitrogen and oxygen atoms in total. The van der Waals surface area contributed by atoms with Gasteiger partial charge in [-0.05, 0) is 38.0 Å². The van der Waals surface area contributed by atoms with E-state index in [9.17, 15) is 0 Å². The number of benzene rings is 1. The molecule has 0 aromatic heterocycles. The topological polar surface area (TPSA) is 15.3 Å².